The highest BCUT2D eigenvalue weighted by Gasteiger charge is 2.07. The number of aromatic amines is 1. The van der Waals surface area contributed by atoms with Crippen LogP contribution in [0.4, 0.5) is 0 Å². The Labute approximate surface area is 103 Å². The molecule has 0 radical (unpaired) electrons. The van der Waals surface area contributed by atoms with Gasteiger partial charge in [0.15, 0.2) is 0 Å². The highest BCUT2D eigenvalue weighted by atomic mass is 35.5. The van der Waals surface area contributed by atoms with Gasteiger partial charge in [0, 0.05) is 16.6 Å². The van der Waals surface area contributed by atoms with Crippen LogP contribution in [0, 0.1) is 6.92 Å². The van der Waals surface area contributed by atoms with E-state index in [-0.39, 0.29) is 12.4 Å². The van der Waals surface area contributed by atoms with E-state index in [1.54, 1.807) is 23.7 Å². The minimum atomic E-state index is 0. The molecule has 0 amide bonds. The lowest BCUT2D eigenvalue weighted by molar-refractivity contribution is 1.32. The van der Waals surface area contributed by atoms with E-state index in [2.05, 4.69) is 33.3 Å². The molecule has 0 unspecified atom stereocenters. The standard InChI is InChI=1S/C11H9N3S.ClH/c1-7-8(3-5-15-7)11-13-9-2-4-12-6-10(9)14-11;/h2-6H,1H3,(H,13,14);1H. The van der Waals surface area contributed by atoms with Gasteiger partial charge in [0.2, 0.25) is 0 Å². The number of pyridine rings is 1. The topological polar surface area (TPSA) is 41.6 Å². The summed E-state index contributed by atoms with van der Waals surface area (Å²) >= 11 is 1.73. The Kier molecular flexibility index (Phi) is 2.94. The molecule has 0 spiro atoms. The molecule has 0 aromatic carbocycles. The molecule has 0 atom stereocenters. The van der Waals surface area contributed by atoms with Gasteiger partial charge in [0.1, 0.15) is 5.82 Å². The van der Waals surface area contributed by atoms with Crippen LogP contribution in [0.15, 0.2) is 29.9 Å². The Morgan fingerprint density at radius 1 is 1.31 bits per heavy atom. The lowest BCUT2D eigenvalue weighted by atomic mass is 10.2. The number of rotatable bonds is 1. The summed E-state index contributed by atoms with van der Waals surface area (Å²) in [6.45, 7) is 2.10. The lowest BCUT2D eigenvalue weighted by Crippen LogP contribution is -1.78. The smallest absolute Gasteiger partial charge is 0.139 e. The number of hydrogen-bond acceptors (Lipinski definition) is 3. The van der Waals surface area contributed by atoms with Crippen LogP contribution in [0.3, 0.4) is 0 Å². The molecule has 16 heavy (non-hydrogen) atoms. The summed E-state index contributed by atoms with van der Waals surface area (Å²) in [5.41, 5.74) is 3.12. The first-order chi connectivity index (χ1) is 7.34. The molecule has 82 valence electrons. The predicted octanol–water partition coefficient (Wildman–Crippen LogP) is 3.42. The Bertz CT molecular complexity index is 581. The average Bonchev–Trinajstić information content (AvgIpc) is 2.82. The number of halogens is 1. The SMILES string of the molecule is Cc1sccc1-c1nc2ccncc2[nH]1.Cl. The number of thiophene rings is 1. The molecule has 0 fully saturated rings. The Hall–Kier alpha value is -1.39. The molecule has 5 heteroatoms. The van der Waals surface area contributed by atoms with E-state index < -0.39 is 0 Å². The second-order valence-corrected chi connectivity index (χ2v) is 4.49. The van der Waals surface area contributed by atoms with Gasteiger partial charge < -0.3 is 4.98 Å². The molecule has 3 aromatic heterocycles. The van der Waals surface area contributed by atoms with Crippen molar-refractivity contribution in [1.82, 2.24) is 15.0 Å². The van der Waals surface area contributed by atoms with Crippen LogP contribution in [0.5, 0.6) is 0 Å². The zero-order valence-corrected chi connectivity index (χ0v) is 10.2. The van der Waals surface area contributed by atoms with Gasteiger partial charge in [-0.05, 0) is 24.4 Å². The number of fused-ring (bicyclic) bond motifs is 1. The number of aryl methyl sites for hydroxylation is 1. The van der Waals surface area contributed by atoms with Crippen LogP contribution >= 0.6 is 23.7 Å². The van der Waals surface area contributed by atoms with Crippen LogP contribution in [0.1, 0.15) is 4.88 Å². The molecular formula is C11H10ClN3S. The Morgan fingerprint density at radius 2 is 2.19 bits per heavy atom. The first kappa shape index (κ1) is 11.1. The molecule has 0 bridgehead atoms. The monoisotopic (exact) mass is 251 g/mol. The number of nitrogens with one attached hydrogen (secondary N) is 1. The number of hydrogen-bond donors (Lipinski definition) is 1. The minimum Gasteiger partial charge on any atom is -0.337 e. The van der Waals surface area contributed by atoms with Crippen LogP contribution < -0.4 is 0 Å². The first-order valence-electron chi connectivity index (χ1n) is 4.69. The van der Waals surface area contributed by atoms with Crippen molar-refractivity contribution in [1.29, 1.82) is 0 Å². The van der Waals surface area contributed by atoms with Crippen LogP contribution in [-0.4, -0.2) is 15.0 Å². The predicted molar refractivity (Wildman–Crippen MR) is 69.2 cm³/mol. The van der Waals surface area contributed by atoms with E-state index in [0.29, 0.717) is 0 Å². The molecule has 0 aliphatic heterocycles. The fraction of sp³-hybridized carbons (Fsp3) is 0.0909. The molecule has 1 N–H and O–H groups in total. The molecule has 3 aromatic rings. The van der Waals surface area contributed by atoms with Crippen LogP contribution in [-0.2, 0) is 0 Å². The zero-order chi connectivity index (χ0) is 10.3. The van der Waals surface area contributed by atoms with Crippen molar-refractivity contribution in [3.8, 4) is 11.4 Å². The van der Waals surface area contributed by atoms with Gasteiger partial charge in [-0.1, -0.05) is 0 Å². The van der Waals surface area contributed by atoms with E-state index in [0.717, 1.165) is 16.9 Å². The number of aromatic nitrogens is 3. The van der Waals surface area contributed by atoms with Gasteiger partial charge in [0.25, 0.3) is 0 Å². The van der Waals surface area contributed by atoms with Gasteiger partial charge in [-0.15, -0.1) is 23.7 Å². The number of imidazole rings is 1. The molecule has 0 saturated carbocycles. The highest BCUT2D eigenvalue weighted by Crippen LogP contribution is 2.26. The molecule has 0 aliphatic rings. The van der Waals surface area contributed by atoms with Crippen molar-refractivity contribution in [3.63, 3.8) is 0 Å². The Morgan fingerprint density at radius 3 is 2.88 bits per heavy atom. The molecular weight excluding hydrogens is 242 g/mol. The van der Waals surface area contributed by atoms with Gasteiger partial charge in [-0.3, -0.25) is 4.98 Å². The zero-order valence-electron chi connectivity index (χ0n) is 8.60. The molecule has 0 saturated heterocycles. The summed E-state index contributed by atoms with van der Waals surface area (Å²) in [4.78, 5) is 13.1. The summed E-state index contributed by atoms with van der Waals surface area (Å²) in [5.74, 6) is 0.928. The van der Waals surface area contributed by atoms with Crippen molar-refractivity contribution in [2.24, 2.45) is 0 Å². The summed E-state index contributed by atoms with van der Waals surface area (Å²) < 4.78 is 0. The minimum absolute atomic E-state index is 0. The second kappa shape index (κ2) is 4.23. The van der Waals surface area contributed by atoms with Gasteiger partial charge >= 0.3 is 0 Å². The summed E-state index contributed by atoms with van der Waals surface area (Å²) in [6, 6.07) is 4.00. The third-order valence-electron chi connectivity index (χ3n) is 2.40. The van der Waals surface area contributed by atoms with Crippen molar-refractivity contribution >= 4 is 34.8 Å². The fourth-order valence-electron chi connectivity index (χ4n) is 1.62. The molecule has 3 nitrogen and oxygen atoms in total. The van der Waals surface area contributed by atoms with E-state index in [1.807, 2.05) is 6.07 Å². The van der Waals surface area contributed by atoms with E-state index in [4.69, 9.17) is 0 Å². The van der Waals surface area contributed by atoms with Gasteiger partial charge in [0.05, 0.1) is 17.2 Å². The van der Waals surface area contributed by atoms with Crippen molar-refractivity contribution in [2.75, 3.05) is 0 Å². The summed E-state index contributed by atoms with van der Waals surface area (Å²) in [7, 11) is 0. The molecule has 0 aliphatic carbocycles. The molecule has 3 heterocycles. The van der Waals surface area contributed by atoms with Crippen molar-refractivity contribution < 1.29 is 0 Å². The number of H-pyrrole nitrogens is 1. The van der Waals surface area contributed by atoms with E-state index >= 15 is 0 Å². The maximum atomic E-state index is 4.53. The fourth-order valence-corrected chi connectivity index (χ4v) is 2.32. The van der Waals surface area contributed by atoms with E-state index in [9.17, 15) is 0 Å². The number of nitrogens with zero attached hydrogens (tertiary/aromatic N) is 2. The second-order valence-electron chi connectivity index (χ2n) is 3.37. The largest absolute Gasteiger partial charge is 0.337 e. The maximum absolute atomic E-state index is 4.53. The van der Waals surface area contributed by atoms with Gasteiger partial charge in [-0.2, -0.15) is 0 Å². The third kappa shape index (κ3) is 1.70. The molecule has 3 rings (SSSR count). The Balaban J connectivity index is 0.000000963. The van der Waals surface area contributed by atoms with Crippen molar-refractivity contribution in [2.45, 2.75) is 6.92 Å². The van der Waals surface area contributed by atoms with Crippen LogP contribution in [0.25, 0.3) is 22.4 Å². The third-order valence-corrected chi connectivity index (χ3v) is 3.24. The highest BCUT2D eigenvalue weighted by molar-refractivity contribution is 7.10. The maximum Gasteiger partial charge on any atom is 0.139 e. The normalized spacial score (nSPS) is 10.3. The lowest BCUT2D eigenvalue weighted by Gasteiger charge is -1.91. The quantitative estimate of drug-likeness (QED) is 0.720. The summed E-state index contributed by atoms with van der Waals surface area (Å²) in [6.07, 6.45) is 3.56. The summed E-state index contributed by atoms with van der Waals surface area (Å²) in [5, 5.41) is 2.08. The van der Waals surface area contributed by atoms with Crippen LogP contribution in [0.2, 0.25) is 0 Å². The van der Waals surface area contributed by atoms with E-state index in [1.165, 1.54) is 10.4 Å². The van der Waals surface area contributed by atoms with Crippen molar-refractivity contribution in [3.05, 3.63) is 34.8 Å². The van der Waals surface area contributed by atoms with Gasteiger partial charge in [-0.25, -0.2) is 4.98 Å². The average molecular weight is 252 g/mol. The first-order valence-corrected chi connectivity index (χ1v) is 5.57.